The zero-order chi connectivity index (χ0) is 12.8. The quantitative estimate of drug-likeness (QED) is 0.802. The second kappa shape index (κ2) is 6.94. The Hall–Kier alpha value is -0.820. The molecular weight excluding hydrogens is 218 g/mol. The van der Waals surface area contributed by atoms with Crippen molar-refractivity contribution in [3.63, 3.8) is 0 Å². The van der Waals surface area contributed by atoms with Crippen molar-refractivity contribution in [2.45, 2.75) is 51.5 Å². The first-order valence-electron chi connectivity index (χ1n) is 7.51. The van der Waals surface area contributed by atoms with Gasteiger partial charge in [-0.1, -0.05) is 62.9 Å². The van der Waals surface area contributed by atoms with Crippen molar-refractivity contribution in [1.29, 1.82) is 0 Å². The molecule has 0 saturated heterocycles. The minimum atomic E-state index is 0.533. The maximum Gasteiger partial charge on any atom is 0.0317 e. The molecule has 1 heteroatoms. The molecular formula is C17H27N. The van der Waals surface area contributed by atoms with Gasteiger partial charge in [0.2, 0.25) is 0 Å². The highest BCUT2D eigenvalue weighted by molar-refractivity contribution is 5.18. The molecule has 1 saturated carbocycles. The third kappa shape index (κ3) is 3.84. The summed E-state index contributed by atoms with van der Waals surface area (Å²) in [6.07, 6.45) is 8.45. The normalized spacial score (nSPS) is 25.9. The standard InChI is InChI=1S/C17H27N/c1-14-8-10-15(11-9-14)12-13-17(18-2)16-6-4-3-5-7-16/h3-7,14-15,17-18H,8-13H2,1-2H3. The molecule has 1 nitrogen and oxygen atoms in total. The molecule has 1 N–H and O–H groups in total. The average molecular weight is 245 g/mol. The van der Waals surface area contributed by atoms with E-state index in [4.69, 9.17) is 0 Å². The molecule has 0 heterocycles. The predicted molar refractivity (Wildman–Crippen MR) is 78.6 cm³/mol. The summed E-state index contributed by atoms with van der Waals surface area (Å²) < 4.78 is 0. The fraction of sp³-hybridized carbons (Fsp3) is 0.647. The zero-order valence-corrected chi connectivity index (χ0v) is 11.9. The molecule has 1 fully saturated rings. The zero-order valence-electron chi connectivity index (χ0n) is 11.9. The van der Waals surface area contributed by atoms with Crippen molar-refractivity contribution in [2.24, 2.45) is 11.8 Å². The van der Waals surface area contributed by atoms with E-state index in [9.17, 15) is 0 Å². The molecule has 1 aromatic carbocycles. The van der Waals surface area contributed by atoms with E-state index in [0.717, 1.165) is 11.8 Å². The maximum absolute atomic E-state index is 3.47. The highest BCUT2D eigenvalue weighted by atomic mass is 14.9. The van der Waals surface area contributed by atoms with Gasteiger partial charge in [-0.15, -0.1) is 0 Å². The minimum absolute atomic E-state index is 0.533. The highest BCUT2D eigenvalue weighted by Crippen LogP contribution is 2.32. The Kier molecular flexibility index (Phi) is 5.25. The van der Waals surface area contributed by atoms with Gasteiger partial charge < -0.3 is 5.32 Å². The summed E-state index contributed by atoms with van der Waals surface area (Å²) in [7, 11) is 2.08. The summed E-state index contributed by atoms with van der Waals surface area (Å²) in [5.74, 6) is 1.94. The first kappa shape index (κ1) is 13.6. The Labute approximate surface area is 112 Å². The van der Waals surface area contributed by atoms with E-state index < -0.39 is 0 Å². The SMILES string of the molecule is CNC(CCC1CCC(C)CC1)c1ccccc1. The Morgan fingerprint density at radius 3 is 2.39 bits per heavy atom. The summed E-state index contributed by atoms with van der Waals surface area (Å²) in [6.45, 7) is 2.40. The van der Waals surface area contributed by atoms with Crippen molar-refractivity contribution in [1.82, 2.24) is 5.32 Å². The molecule has 0 radical (unpaired) electrons. The number of benzene rings is 1. The third-order valence-electron chi connectivity index (χ3n) is 4.55. The van der Waals surface area contributed by atoms with Crippen LogP contribution >= 0.6 is 0 Å². The van der Waals surface area contributed by atoms with Crippen LogP contribution in [0.4, 0.5) is 0 Å². The minimum Gasteiger partial charge on any atom is -0.313 e. The topological polar surface area (TPSA) is 12.0 Å². The van der Waals surface area contributed by atoms with E-state index in [0.29, 0.717) is 6.04 Å². The van der Waals surface area contributed by atoms with Crippen molar-refractivity contribution in [3.05, 3.63) is 35.9 Å². The number of hydrogen-bond acceptors (Lipinski definition) is 1. The molecule has 18 heavy (non-hydrogen) atoms. The second-order valence-corrected chi connectivity index (χ2v) is 5.96. The first-order valence-corrected chi connectivity index (χ1v) is 7.51. The van der Waals surface area contributed by atoms with Crippen LogP contribution in [-0.2, 0) is 0 Å². The van der Waals surface area contributed by atoms with Gasteiger partial charge >= 0.3 is 0 Å². The van der Waals surface area contributed by atoms with Gasteiger partial charge in [0.15, 0.2) is 0 Å². The van der Waals surface area contributed by atoms with Crippen LogP contribution in [0, 0.1) is 11.8 Å². The molecule has 0 aromatic heterocycles. The number of hydrogen-bond donors (Lipinski definition) is 1. The van der Waals surface area contributed by atoms with E-state index >= 15 is 0 Å². The maximum atomic E-state index is 3.47. The lowest BCUT2D eigenvalue weighted by Crippen LogP contribution is -2.19. The van der Waals surface area contributed by atoms with Crippen LogP contribution in [0.2, 0.25) is 0 Å². The molecule has 0 aliphatic heterocycles. The summed E-state index contributed by atoms with van der Waals surface area (Å²) in [4.78, 5) is 0. The van der Waals surface area contributed by atoms with Crippen LogP contribution in [0.1, 0.15) is 57.1 Å². The average Bonchev–Trinajstić information content (AvgIpc) is 2.43. The monoisotopic (exact) mass is 245 g/mol. The van der Waals surface area contributed by atoms with Gasteiger partial charge in [-0.25, -0.2) is 0 Å². The molecule has 0 amide bonds. The highest BCUT2D eigenvalue weighted by Gasteiger charge is 2.19. The molecule has 1 atom stereocenters. The Bertz CT molecular complexity index is 325. The molecule has 1 unspecified atom stereocenters. The van der Waals surface area contributed by atoms with E-state index in [1.165, 1.54) is 44.1 Å². The number of rotatable bonds is 5. The van der Waals surface area contributed by atoms with Crippen molar-refractivity contribution >= 4 is 0 Å². The molecule has 0 bridgehead atoms. The van der Waals surface area contributed by atoms with Gasteiger partial charge in [-0.05, 0) is 37.3 Å². The van der Waals surface area contributed by atoms with Crippen LogP contribution in [0.3, 0.4) is 0 Å². The Morgan fingerprint density at radius 1 is 1.11 bits per heavy atom. The predicted octanol–water partition coefficient (Wildman–Crippen LogP) is 4.55. The fourth-order valence-electron chi connectivity index (χ4n) is 3.18. The fourth-order valence-corrected chi connectivity index (χ4v) is 3.18. The lowest BCUT2D eigenvalue weighted by atomic mass is 9.80. The van der Waals surface area contributed by atoms with Gasteiger partial charge in [-0.2, -0.15) is 0 Å². The van der Waals surface area contributed by atoms with Crippen LogP contribution < -0.4 is 5.32 Å². The third-order valence-corrected chi connectivity index (χ3v) is 4.55. The largest absolute Gasteiger partial charge is 0.313 e. The van der Waals surface area contributed by atoms with Crippen LogP contribution in [0.15, 0.2) is 30.3 Å². The molecule has 1 aromatic rings. The van der Waals surface area contributed by atoms with Gasteiger partial charge in [0.25, 0.3) is 0 Å². The molecule has 0 spiro atoms. The summed E-state index contributed by atoms with van der Waals surface area (Å²) in [5, 5.41) is 3.47. The van der Waals surface area contributed by atoms with E-state index in [1.54, 1.807) is 0 Å². The van der Waals surface area contributed by atoms with Crippen molar-refractivity contribution in [3.8, 4) is 0 Å². The number of nitrogens with one attached hydrogen (secondary N) is 1. The van der Waals surface area contributed by atoms with Crippen LogP contribution in [0.25, 0.3) is 0 Å². The smallest absolute Gasteiger partial charge is 0.0317 e. The van der Waals surface area contributed by atoms with Gasteiger partial charge in [0.1, 0.15) is 0 Å². The Morgan fingerprint density at radius 2 is 1.78 bits per heavy atom. The molecule has 1 aliphatic carbocycles. The van der Waals surface area contributed by atoms with Crippen LogP contribution in [0.5, 0.6) is 0 Å². The Balaban J connectivity index is 1.81. The van der Waals surface area contributed by atoms with E-state index in [2.05, 4.69) is 49.6 Å². The van der Waals surface area contributed by atoms with Crippen molar-refractivity contribution < 1.29 is 0 Å². The van der Waals surface area contributed by atoms with Crippen LogP contribution in [-0.4, -0.2) is 7.05 Å². The van der Waals surface area contributed by atoms with Crippen molar-refractivity contribution in [2.75, 3.05) is 7.05 Å². The lowest BCUT2D eigenvalue weighted by Gasteiger charge is -2.27. The van der Waals surface area contributed by atoms with Gasteiger partial charge in [0.05, 0.1) is 0 Å². The first-order chi connectivity index (χ1) is 8.79. The second-order valence-electron chi connectivity index (χ2n) is 5.96. The molecule has 1 aliphatic rings. The summed E-state index contributed by atoms with van der Waals surface area (Å²) in [6, 6.07) is 11.4. The lowest BCUT2D eigenvalue weighted by molar-refractivity contribution is 0.266. The van der Waals surface area contributed by atoms with Gasteiger partial charge in [0, 0.05) is 6.04 Å². The molecule has 100 valence electrons. The van der Waals surface area contributed by atoms with Gasteiger partial charge in [-0.3, -0.25) is 0 Å². The summed E-state index contributed by atoms with van der Waals surface area (Å²) in [5.41, 5.74) is 1.43. The van der Waals surface area contributed by atoms with E-state index in [1.807, 2.05) is 0 Å². The summed E-state index contributed by atoms with van der Waals surface area (Å²) >= 11 is 0. The van der Waals surface area contributed by atoms with E-state index in [-0.39, 0.29) is 0 Å². The molecule has 2 rings (SSSR count).